The number of rotatable bonds is 10. The summed E-state index contributed by atoms with van der Waals surface area (Å²) < 4.78 is 9.98. The van der Waals surface area contributed by atoms with Crippen LogP contribution in [0.3, 0.4) is 0 Å². The predicted molar refractivity (Wildman–Crippen MR) is 78.5 cm³/mol. The maximum atomic E-state index is 11.7. The molecule has 0 radical (unpaired) electrons. The van der Waals surface area contributed by atoms with Gasteiger partial charge in [-0.2, -0.15) is 0 Å². The lowest BCUT2D eigenvalue weighted by atomic mass is 9.94. The van der Waals surface area contributed by atoms with Crippen LogP contribution in [0.25, 0.3) is 0 Å². The molecule has 0 bridgehead atoms. The summed E-state index contributed by atoms with van der Waals surface area (Å²) in [7, 11) is 0. The first-order valence-corrected chi connectivity index (χ1v) is 7.55. The third-order valence-electron chi connectivity index (χ3n) is 2.83. The summed E-state index contributed by atoms with van der Waals surface area (Å²) in [5, 5.41) is 2.69. The quantitative estimate of drug-likeness (QED) is 0.495. The van der Waals surface area contributed by atoms with E-state index in [0.29, 0.717) is 32.1 Å². The minimum atomic E-state index is -0.430. The van der Waals surface area contributed by atoms with Crippen LogP contribution in [0.15, 0.2) is 0 Å². The van der Waals surface area contributed by atoms with E-state index in [1.807, 2.05) is 0 Å². The molecule has 118 valence electrons. The Morgan fingerprint density at radius 3 is 2.40 bits per heavy atom. The molecule has 0 heterocycles. The molecule has 1 amide bonds. The number of amides is 1. The van der Waals surface area contributed by atoms with Crippen molar-refractivity contribution in [2.24, 2.45) is 11.8 Å². The van der Waals surface area contributed by atoms with E-state index in [4.69, 9.17) is 9.47 Å². The van der Waals surface area contributed by atoms with Gasteiger partial charge in [0.25, 0.3) is 0 Å². The van der Waals surface area contributed by atoms with Crippen molar-refractivity contribution in [1.82, 2.24) is 5.32 Å². The van der Waals surface area contributed by atoms with E-state index in [-0.39, 0.29) is 11.9 Å². The molecule has 0 saturated heterocycles. The summed E-state index contributed by atoms with van der Waals surface area (Å²) in [6.45, 7) is 9.28. The molecular formula is C15H29NO4. The lowest BCUT2D eigenvalue weighted by molar-refractivity contribution is -0.145. The molecule has 1 N–H and O–H groups in total. The molecule has 5 heteroatoms. The van der Waals surface area contributed by atoms with Gasteiger partial charge in [-0.05, 0) is 31.6 Å². The second kappa shape index (κ2) is 11.6. The van der Waals surface area contributed by atoms with E-state index < -0.39 is 6.09 Å². The highest BCUT2D eigenvalue weighted by atomic mass is 16.5. The van der Waals surface area contributed by atoms with Crippen LogP contribution >= 0.6 is 0 Å². The highest BCUT2D eigenvalue weighted by molar-refractivity contribution is 5.70. The van der Waals surface area contributed by atoms with Crippen molar-refractivity contribution in [2.45, 2.75) is 53.4 Å². The van der Waals surface area contributed by atoms with Crippen molar-refractivity contribution >= 4 is 12.1 Å². The fraction of sp³-hybridized carbons (Fsp3) is 0.867. The highest BCUT2D eigenvalue weighted by Crippen LogP contribution is 2.15. The smallest absolute Gasteiger partial charge is 0.407 e. The highest BCUT2D eigenvalue weighted by Gasteiger charge is 2.17. The molecule has 0 aliphatic carbocycles. The zero-order valence-electron chi connectivity index (χ0n) is 13.2. The first-order valence-electron chi connectivity index (χ1n) is 7.55. The van der Waals surface area contributed by atoms with Gasteiger partial charge in [0.15, 0.2) is 0 Å². The summed E-state index contributed by atoms with van der Waals surface area (Å²) in [6.07, 6.45) is 2.68. The zero-order chi connectivity index (χ0) is 15.4. The van der Waals surface area contributed by atoms with Crippen LogP contribution in [0.1, 0.15) is 53.4 Å². The van der Waals surface area contributed by atoms with E-state index in [9.17, 15) is 9.59 Å². The Morgan fingerprint density at radius 1 is 1.15 bits per heavy atom. The number of alkyl carbamates (subject to hydrolysis) is 1. The lowest BCUT2D eigenvalue weighted by Gasteiger charge is -2.18. The number of hydrogen-bond acceptors (Lipinski definition) is 4. The molecule has 1 atom stereocenters. The zero-order valence-corrected chi connectivity index (χ0v) is 13.2. The Hall–Kier alpha value is -1.26. The summed E-state index contributed by atoms with van der Waals surface area (Å²) in [5.74, 6) is 0.371. The summed E-state index contributed by atoms with van der Waals surface area (Å²) >= 11 is 0. The molecule has 0 fully saturated rings. The minimum absolute atomic E-state index is 0.0912. The first-order chi connectivity index (χ1) is 9.49. The van der Waals surface area contributed by atoms with E-state index in [2.05, 4.69) is 26.1 Å². The molecular weight excluding hydrogens is 258 g/mol. The monoisotopic (exact) mass is 287 g/mol. The molecule has 0 aromatic rings. The van der Waals surface area contributed by atoms with Crippen LogP contribution in [0.5, 0.6) is 0 Å². The number of carbonyl (C=O) groups excluding carboxylic acids is 2. The number of ether oxygens (including phenoxy) is 2. The predicted octanol–water partition coefficient (Wildman–Crippen LogP) is 3.13. The first kappa shape index (κ1) is 18.7. The number of hydrogen-bond donors (Lipinski definition) is 1. The number of nitrogens with one attached hydrogen (secondary N) is 1. The number of carbonyl (C=O) groups is 2. The Balaban J connectivity index is 4.13. The second-order valence-electron chi connectivity index (χ2n) is 5.38. The van der Waals surface area contributed by atoms with E-state index in [1.54, 1.807) is 6.92 Å². The summed E-state index contributed by atoms with van der Waals surface area (Å²) in [5.41, 5.74) is 0. The van der Waals surface area contributed by atoms with Crippen molar-refractivity contribution in [3.05, 3.63) is 0 Å². The largest absolute Gasteiger partial charge is 0.466 e. The van der Waals surface area contributed by atoms with Crippen LogP contribution in [0, 0.1) is 11.8 Å². The van der Waals surface area contributed by atoms with Crippen LogP contribution in [-0.4, -0.2) is 31.8 Å². The van der Waals surface area contributed by atoms with Gasteiger partial charge in [0.2, 0.25) is 0 Å². The van der Waals surface area contributed by atoms with Gasteiger partial charge < -0.3 is 14.8 Å². The standard InChI is InChI=1S/C15H29NO4/c1-5-7-8-20-14(17)10-13(9-12(3)4)11-16-15(18)19-6-2/h12-13H,5-11H2,1-4H3,(H,16,18)/t13-/m0/s1. The second-order valence-corrected chi connectivity index (χ2v) is 5.38. The minimum Gasteiger partial charge on any atom is -0.466 e. The van der Waals surface area contributed by atoms with Crippen LogP contribution in [0.2, 0.25) is 0 Å². The molecule has 20 heavy (non-hydrogen) atoms. The van der Waals surface area contributed by atoms with Crippen molar-refractivity contribution in [3.8, 4) is 0 Å². The fourth-order valence-electron chi connectivity index (χ4n) is 1.94. The molecule has 0 unspecified atom stereocenters. The Morgan fingerprint density at radius 2 is 1.85 bits per heavy atom. The normalized spacial score (nSPS) is 12.1. The molecule has 0 aromatic heterocycles. The average molecular weight is 287 g/mol. The van der Waals surface area contributed by atoms with Gasteiger partial charge >= 0.3 is 12.1 Å². The molecule has 0 aliphatic heterocycles. The van der Waals surface area contributed by atoms with Crippen molar-refractivity contribution in [1.29, 1.82) is 0 Å². The number of esters is 1. The number of unbranched alkanes of at least 4 members (excludes halogenated alkanes) is 1. The third kappa shape index (κ3) is 10.6. The van der Waals surface area contributed by atoms with Crippen molar-refractivity contribution in [2.75, 3.05) is 19.8 Å². The van der Waals surface area contributed by atoms with Gasteiger partial charge in [0.1, 0.15) is 0 Å². The van der Waals surface area contributed by atoms with Gasteiger partial charge in [-0.3, -0.25) is 4.79 Å². The summed E-state index contributed by atoms with van der Waals surface area (Å²) in [6, 6.07) is 0. The molecule has 0 saturated carbocycles. The maximum Gasteiger partial charge on any atom is 0.407 e. The van der Waals surface area contributed by atoms with Gasteiger partial charge in [0, 0.05) is 6.54 Å². The SMILES string of the molecule is CCCCOC(=O)C[C@@H](CNC(=O)OCC)CC(C)C. The van der Waals surface area contributed by atoms with E-state index in [1.165, 1.54) is 0 Å². The molecule has 0 aliphatic rings. The van der Waals surface area contributed by atoms with Gasteiger partial charge in [0.05, 0.1) is 19.6 Å². The average Bonchev–Trinajstić information content (AvgIpc) is 2.36. The molecule has 0 rings (SSSR count). The van der Waals surface area contributed by atoms with Crippen LogP contribution in [0.4, 0.5) is 4.79 Å². The third-order valence-corrected chi connectivity index (χ3v) is 2.83. The van der Waals surface area contributed by atoms with Crippen molar-refractivity contribution < 1.29 is 19.1 Å². The summed E-state index contributed by atoms with van der Waals surface area (Å²) in [4.78, 5) is 23.0. The van der Waals surface area contributed by atoms with E-state index in [0.717, 1.165) is 19.3 Å². The molecule has 0 spiro atoms. The Labute approximate surface area is 122 Å². The Bertz CT molecular complexity index is 279. The Kier molecular flexibility index (Phi) is 10.8. The van der Waals surface area contributed by atoms with Crippen LogP contribution < -0.4 is 5.32 Å². The maximum absolute atomic E-state index is 11.7. The van der Waals surface area contributed by atoms with Gasteiger partial charge in [-0.1, -0.05) is 27.2 Å². The van der Waals surface area contributed by atoms with Gasteiger partial charge in [-0.25, -0.2) is 4.79 Å². The molecule has 5 nitrogen and oxygen atoms in total. The topological polar surface area (TPSA) is 64.6 Å². The van der Waals surface area contributed by atoms with E-state index >= 15 is 0 Å². The molecule has 0 aromatic carbocycles. The fourth-order valence-corrected chi connectivity index (χ4v) is 1.94. The van der Waals surface area contributed by atoms with Crippen LogP contribution in [-0.2, 0) is 14.3 Å². The van der Waals surface area contributed by atoms with Crippen molar-refractivity contribution in [3.63, 3.8) is 0 Å². The van der Waals surface area contributed by atoms with Gasteiger partial charge in [-0.15, -0.1) is 0 Å². The lowest BCUT2D eigenvalue weighted by Crippen LogP contribution is -2.31.